The van der Waals surface area contributed by atoms with Crippen molar-refractivity contribution in [3.63, 3.8) is 0 Å². The molecule has 0 bridgehead atoms. The van der Waals surface area contributed by atoms with Gasteiger partial charge in [-0.15, -0.1) is 11.3 Å². The molecule has 0 fully saturated rings. The fourth-order valence-corrected chi connectivity index (χ4v) is 3.35. The highest BCUT2D eigenvalue weighted by molar-refractivity contribution is 7.10. The lowest BCUT2D eigenvalue weighted by atomic mass is 10.1. The summed E-state index contributed by atoms with van der Waals surface area (Å²) in [6.45, 7) is 7.33. The third kappa shape index (κ3) is 3.41. The molecule has 20 heavy (non-hydrogen) atoms. The Labute approximate surface area is 125 Å². The van der Waals surface area contributed by atoms with E-state index in [1.54, 1.807) is 11.3 Å². The van der Waals surface area contributed by atoms with Crippen LogP contribution in [0.1, 0.15) is 34.1 Å². The number of hydrogen-bond acceptors (Lipinski definition) is 3. The van der Waals surface area contributed by atoms with E-state index in [0.717, 1.165) is 18.7 Å². The molecule has 0 saturated carbocycles. The molecule has 108 valence electrons. The van der Waals surface area contributed by atoms with E-state index >= 15 is 0 Å². The highest BCUT2D eigenvalue weighted by Gasteiger charge is 2.18. The van der Waals surface area contributed by atoms with E-state index in [-0.39, 0.29) is 6.10 Å². The van der Waals surface area contributed by atoms with Gasteiger partial charge in [0.15, 0.2) is 0 Å². The Hall–Kier alpha value is -1.32. The van der Waals surface area contributed by atoms with Gasteiger partial charge in [0, 0.05) is 11.3 Å². The van der Waals surface area contributed by atoms with Crippen molar-refractivity contribution < 1.29 is 4.74 Å². The van der Waals surface area contributed by atoms with Gasteiger partial charge in [-0.1, -0.05) is 18.2 Å². The first-order valence-electron chi connectivity index (χ1n) is 7.05. The van der Waals surface area contributed by atoms with E-state index in [4.69, 9.17) is 4.74 Å². The number of benzene rings is 1. The summed E-state index contributed by atoms with van der Waals surface area (Å²) in [5, 5.41) is 5.36. The van der Waals surface area contributed by atoms with Gasteiger partial charge >= 0.3 is 0 Å². The van der Waals surface area contributed by atoms with Crippen LogP contribution in [0.15, 0.2) is 29.6 Å². The molecule has 0 spiro atoms. The van der Waals surface area contributed by atoms with Crippen molar-refractivity contribution in [1.82, 2.24) is 5.32 Å². The summed E-state index contributed by atoms with van der Waals surface area (Å²) < 4.78 is 6.37. The second-order valence-corrected chi connectivity index (χ2v) is 6.14. The zero-order chi connectivity index (χ0) is 14.5. The second-order valence-electron chi connectivity index (χ2n) is 5.19. The van der Waals surface area contributed by atoms with Crippen molar-refractivity contribution in [3.8, 4) is 5.75 Å². The standard InChI is InChI=1S/C17H23NOS/c1-12-6-5-7-13(2)16(12)19-15(8-10-18-4)17-14(3)9-11-20-17/h5-7,9,11,15,18H,8,10H2,1-4H3. The van der Waals surface area contributed by atoms with Crippen LogP contribution in [0.2, 0.25) is 0 Å². The van der Waals surface area contributed by atoms with Gasteiger partial charge in [-0.2, -0.15) is 0 Å². The van der Waals surface area contributed by atoms with Crippen LogP contribution in [-0.4, -0.2) is 13.6 Å². The van der Waals surface area contributed by atoms with Crippen LogP contribution in [-0.2, 0) is 0 Å². The number of para-hydroxylation sites is 1. The maximum atomic E-state index is 6.37. The molecule has 0 radical (unpaired) electrons. The number of thiophene rings is 1. The van der Waals surface area contributed by atoms with E-state index in [9.17, 15) is 0 Å². The smallest absolute Gasteiger partial charge is 0.134 e. The third-order valence-corrected chi connectivity index (χ3v) is 4.63. The molecular weight excluding hydrogens is 266 g/mol. The van der Waals surface area contributed by atoms with Gasteiger partial charge < -0.3 is 10.1 Å². The average molecular weight is 289 g/mol. The quantitative estimate of drug-likeness (QED) is 0.851. The number of ether oxygens (including phenoxy) is 1. The molecule has 0 aliphatic carbocycles. The van der Waals surface area contributed by atoms with Crippen molar-refractivity contribution in [2.75, 3.05) is 13.6 Å². The Balaban J connectivity index is 2.26. The van der Waals surface area contributed by atoms with Gasteiger partial charge in [-0.05, 0) is 62.5 Å². The van der Waals surface area contributed by atoms with Crippen molar-refractivity contribution >= 4 is 11.3 Å². The predicted molar refractivity (Wildman–Crippen MR) is 86.9 cm³/mol. The van der Waals surface area contributed by atoms with Crippen LogP contribution in [0, 0.1) is 20.8 Å². The molecule has 2 aromatic rings. The van der Waals surface area contributed by atoms with E-state index in [2.05, 4.69) is 55.7 Å². The second kappa shape index (κ2) is 6.91. The third-order valence-electron chi connectivity index (χ3n) is 3.52. The van der Waals surface area contributed by atoms with Gasteiger partial charge in [0.25, 0.3) is 0 Å². The number of nitrogens with one attached hydrogen (secondary N) is 1. The molecule has 1 heterocycles. The topological polar surface area (TPSA) is 21.3 Å². The number of rotatable bonds is 6. The van der Waals surface area contributed by atoms with Crippen LogP contribution in [0.5, 0.6) is 5.75 Å². The largest absolute Gasteiger partial charge is 0.484 e. The van der Waals surface area contributed by atoms with Crippen LogP contribution in [0.3, 0.4) is 0 Å². The van der Waals surface area contributed by atoms with E-state index < -0.39 is 0 Å². The zero-order valence-corrected chi connectivity index (χ0v) is 13.5. The molecule has 0 aliphatic heterocycles. The molecule has 1 atom stereocenters. The molecule has 1 aromatic heterocycles. The first kappa shape index (κ1) is 15.1. The minimum absolute atomic E-state index is 0.127. The monoisotopic (exact) mass is 289 g/mol. The maximum Gasteiger partial charge on any atom is 0.134 e. The Morgan fingerprint density at radius 1 is 1.10 bits per heavy atom. The fraction of sp³-hybridized carbons (Fsp3) is 0.412. The molecule has 0 aliphatic rings. The van der Waals surface area contributed by atoms with Crippen molar-refractivity contribution in [2.24, 2.45) is 0 Å². The lowest BCUT2D eigenvalue weighted by Gasteiger charge is -2.21. The first-order chi connectivity index (χ1) is 9.63. The van der Waals surface area contributed by atoms with Gasteiger partial charge in [0.2, 0.25) is 0 Å². The molecular formula is C17H23NOS. The van der Waals surface area contributed by atoms with Crippen LogP contribution >= 0.6 is 11.3 Å². The lowest BCUT2D eigenvalue weighted by molar-refractivity contribution is 0.195. The molecule has 1 aromatic carbocycles. The van der Waals surface area contributed by atoms with Gasteiger partial charge in [-0.3, -0.25) is 0 Å². The first-order valence-corrected chi connectivity index (χ1v) is 7.93. The van der Waals surface area contributed by atoms with E-state index in [0.29, 0.717) is 0 Å². The predicted octanol–water partition coefficient (Wildman–Crippen LogP) is 4.40. The van der Waals surface area contributed by atoms with Crippen molar-refractivity contribution in [1.29, 1.82) is 0 Å². The highest BCUT2D eigenvalue weighted by atomic mass is 32.1. The molecule has 2 rings (SSSR count). The van der Waals surface area contributed by atoms with Gasteiger partial charge in [0.05, 0.1) is 0 Å². The molecule has 0 saturated heterocycles. The molecule has 3 heteroatoms. The van der Waals surface area contributed by atoms with Crippen molar-refractivity contribution in [2.45, 2.75) is 33.3 Å². The average Bonchev–Trinajstić information content (AvgIpc) is 2.84. The molecule has 1 N–H and O–H groups in total. The Bertz CT molecular complexity index is 542. The molecule has 2 nitrogen and oxygen atoms in total. The lowest BCUT2D eigenvalue weighted by Crippen LogP contribution is -2.16. The summed E-state index contributed by atoms with van der Waals surface area (Å²) in [5.41, 5.74) is 3.73. The zero-order valence-electron chi connectivity index (χ0n) is 12.7. The van der Waals surface area contributed by atoms with Crippen LogP contribution in [0.25, 0.3) is 0 Å². The van der Waals surface area contributed by atoms with Crippen LogP contribution in [0.4, 0.5) is 0 Å². The SMILES string of the molecule is CNCCC(Oc1c(C)cccc1C)c1sccc1C. The summed E-state index contributed by atoms with van der Waals surface area (Å²) >= 11 is 1.79. The molecule has 1 unspecified atom stereocenters. The van der Waals surface area contributed by atoms with Crippen LogP contribution < -0.4 is 10.1 Å². The number of hydrogen-bond donors (Lipinski definition) is 1. The van der Waals surface area contributed by atoms with Gasteiger partial charge in [-0.25, -0.2) is 0 Å². The summed E-state index contributed by atoms with van der Waals surface area (Å²) in [5.74, 6) is 1.03. The Kier molecular flexibility index (Phi) is 5.21. The Morgan fingerprint density at radius 3 is 2.35 bits per heavy atom. The minimum Gasteiger partial charge on any atom is -0.484 e. The number of aryl methyl sites for hydroxylation is 3. The fourth-order valence-electron chi connectivity index (χ4n) is 2.36. The van der Waals surface area contributed by atoms with E-state index in [1.807, 2.05) is 7.05 Å². The summed E-state index contributed by atoms with van der Waals surface area (Å²) in [7, 11) is 1.98. The van der Waals surface area contributed by atoms with Crippen molar-refractivity contribution in [3.05, 3.63) is 51.2 Å². The van der Waals surface area contributed by atoms with E-state index in [1.165, 1.54) is 21.6 Å². The summed E-state index contributed by atoms with van der Waals surface area (Å²) in [6, 6.07) is 8.47. The summed E-state index contributed by atoms with van der Waals surface area (Å²) in [4.78, 5) is 1.34. The highest BCUT2D eigenvalue weighted by Crippen LogP contribution is 2.33. The Morgan fingerprint density at radius 2 is 1.80 bits per heavy atom. The van der Waals surface area contributed by atoms with Gasteiger partial charge in [0.1, 0.15) is 11.9 Å². The minimum atomic E-state index is 0.127. The summed E-state index contributed by atoms with van der Waals surface area (Å²) in [6.07, 6.45) is 1.10. The normalized spacial score (nSPS) is 12.4. The molecule has 0 amide bonds. The maximum absolute atomic E-state index is 6.37.